The molecular formula is C27H22N2O5. The van der Waals surface area contributed by atoms with Crippen molar-refractivity contribution < 1.29 is 23.9 Å². The van der Waals surface area contributed by atoms with Gasteiger partial charge in [0.1, 0.15) is 0 Å². The van der Waals surface area contributed by atoms with Crippen LogP contribution in [-0.4, -0.2) is 34.6 Å². The third-order valence-corrected chi connectivity index (χ3v) is 5.88. The highest BCUT2D eigenvalue weighted by atomic mass is 16.5. The molecule has 0 bridgehead atoms. The Morgan fingerprint density at radius 3 is 2.21 bits per heavy atom. The Bertz CT molecular complexity index is 1270. The van der Waals surface area contributed by atoms with Crippen molar-refractivity contribution in [3.05, 3.63) is 107 Å². The van der Waals surface area contributed by atoms with E-state index in [1.54, 1.807) is 24.3 Å². The van der Waals surface area contributed by atoms with E-state index in [4.69, 9.17) is 4.74 Å². The maximum atomic E-state index is 13.0. The molecular weight excluding hydrogens is 432 g/mol. The molecule has 3 aromatic carbocycles. The van der Waals surface area contributed by atoms with Crippen LogP contribution in [0, 0.1) is 0 Å². The van der Waals surface area contributed by atoms with Crippen LogP contribution in [0.4, 0.5) is 0 Å². The predicted molar refractivity (Wildman–Crippen MR) is 123 cm³/mol. The number of benzene rings is 3. The van der Waals surface area contributed by atoms with Gasteiger partial charge in [-0.15, -0.1) is 0 Å². The molecule has 1 atom stereocenters. The fourth-order valence-electron chi connectivity index (χ4n) is 3.91. The summed E-state index contributed by atoms with van der Waals surface area (Å²) in [5, 5.41) is 2.87. The van der Waals surface area contributed by atoms with E-state index < -0.39 is 23.9 Å². The summed E-state index contributed by atoms with van der Waals surface area (Å²) in [6, 6.07) is 22.4. The summed E-state index contributed by atoms with van der Waals surface area (Å²) < 4.78 is 5.60. The molecule has 2 aliphatic rings. The summed E-state index contributed by atoms with van der Waals surface area (Å²) in [5.41, 5.74) is 1.86. The second-order valence-electron chi connectivity index (χ2n) is 8.42. The van der Waals surface area contributed by atoms with Gasteiger partial charge in [-0.1, -0.05) is 60.7 Å². The minimum atomic E-state index is -1.12. The van der Waals surface area contributed by atoms with Gasteiger partial charge in [0, 0.05) is 11.6 Å². The van der Waals surface area contributed by atoms with Crippen molar-refractivity contribution in [3.63, 3.8) is 0 Å². The number of carbonyl (C=O) groups excluding carboxylic acids is 4. The molecule has 0 radical (unpaired) electrons. The fourth-order valence-corrected chi connectivity index (χ4v) is 3.91. The largest absolute Gasteiger partial charge is 0.444 e. The van der Waals surface area contributed by atoms with Crippen LogP contribution in [0.3, 0.4) is 0 Å². The van der Waals surface area contributed by atoms with Crippen LogP contribution >= 0.6 is 0 Å². The zero-order valence-electron chi connectivity index (χ0n) is 18.3. The second-order valence-corrected chi connectivity index (χ2v) is 8.42. The Morgan fingerprint density at radius 2 is 1.53 bits per heavy atom. The zero-order valence-corrected chi connectivity index (χ0v) is 18.3. The number of fused-ring (bicyclic) bond motifs is 1. The van der Waals surface area contributed by atoms with E-state index in [0.29, 0.717) is 5.56 Å². The van der Waals surface area contributed by atoms with Crippen LogP contribution in [0.15, 0.2) is 78.9 Å². The molecule has 7 heteroatoms. The zero-order chi connectivity index (χ0) is 23.7. The van der Waals surface area contributed by atoms with Crippen LogP contribution in [0.5, 0.6) is 0 Å². The fraction of sp³-hybridized carbons (Fsp3) is 0.185. The van der Waals surface area contributed by atoms with Crippen LogP contribution < -0.4 is 5.32 Å². The Labute approximate surface area is 196 Å². The molecule has 1 fully saturated rings. The summed E-state index contributed by atoms with van der Waals surface area (Å²) in [6.45, 7) is 0.143. The molecule has 5 rings (SSSR count). The lowest BCUT2D eigenvalue weighted by molar-refractivity contribution is -0.130. The first kappa shape index (κ1) is 21.6. The third kappa shape index (κ3) is 4.32. The van der Waals surface area contributed by atoms with E-state index in [2.05, 4.69) is 5.32 Å². The minimum Gasteiger partial charge on any atom is -0.444 e. The number of hydrogen-bond acceptors (Lipinski definition) is 5. The van der Waals surface area contributed by atoms with Crippen LogP contribution in [0.2, 0.25) is 0 Å². The average molecular weight is 454 g/mol. The van der Waals surface area contributed by atoms with Gasteiger partial charge in [0.15, 0.2) is 0 Å². The van der Waals surface area contributed by atoms with E-state index in [-0.39, 0.29) is 35.2 Å². The van der Waals surface area contributed by atoms with Crippen molar-refractivity contribution in [1.29, 1.82) is 0 Å². The summed E-state index contributed by atoms with van der Waals surface area (Å²) >= 11 is 0. The van der Waals surface area contributed by atoms with E-state index in [0.717, 1.165) is 23.3 Å². The minimum absolute atomic E-state index is 0.0987. The van der Waals surface area contributed by atoms with Gasteiger partial charge in [-0.2, -0.15) is 0 Å². The third-order valence-electron chi connectivity index (χ3n) is 5.88. The number of carbonyl (C=O) groups is 4. The van der Waals surface area contributed by atoms with Crippen molar-refractivity contribution >= 4 is 23.7 Å². The van der Waals surface area contributed by atoms with Crippen LogP contribution in [0.25, 0.3) is 0 Å². The lowest BCUT2D eigenvalue weighted by atomic mass is 10.1. The highest BCUT2D eigenvalue weighted by Gasteiger charge is 2.37. The van der Waals surface area contributed by atoms with Gasteiger partial charge in [0.2, 0.25) is 6.10 Å². The highest BCUT2D eigenvalue weighted by Crippen LogP contribution is 2.28. The molecule has 0 spiro atoms. The van der Waals surface area contributed by atoms with Crippen molar-refractivity contribution in [2.24, 2.45) is 0 Å². The standard InChI is InChI=1S/C27H22N2O5/c30-24(28-20-12-13-20)23(18-9-5-2-6-10-18)34-27(33)19-11-14-21-22(15-19)26(32)29(25(21)31)16-17-7-3-1-4-8-17/h1-11,14-15,20,23H,12-13,16H2,(H,28,30). The lowest BCUT2D eigenvalue weighted by Gasteiger charge is -2.18. The Kier molecular flexibility index (Phi) is 5.67. The van der Waals surface area contributed by atoms with Crippen molar-refractivity contribution in [1.82, 2.24) is 10.2 Å². The number of nitrogens with zero attached hydrogens (tertiary/aromatic N) is 1. The first-order valence-corrected chi connectivity index (χ1v) is 11.1. The molecule has 0 saturated heterocycles. The second kappa shape index (κ2) is 8.94. The van der Waals surface area contributed by atoms with Gasteiger partial charge in [-0.3, -0.25) is 19.3 Å². The summed E-state index contributed by atoms with van der Waals surface area (Å²) in [4.78, 5) is 52.7. The lowest BCUT2D eigenvalue weighted by Crippen LogP contribution is -2.33. The average Bonchev–Trinajstić information content (AvgIpc) is 3.66. The number of rotatable bonds is 7. The van der Waals surface area contributed by atoms with Crippen LogP contribution in [-0.2, 0) is 16.1 Å². The molecule has 1 aliphatic carbocycles. The van der Waals surface area contributed by atoms with Crippen molar-refractivity contribution in [2.45, 2.75) is 31.5 Å². The summed E-state index contributed by atoms with van der Waals surface area (Å²) in [7, 11) is 0. The maximum Gasteiger partial charge on any atom is 0.339 e. The molecule has 170 valence electrons. The predicted octanol–water partition coefficient (Wildman–Crippen LogP) is 3.66. The van der Waals surface area contributed by atoms with E-state index in [1.165, 1.54) is 18.2 Å². The van der Waals surface area contributed by atoms with Gasteiger partial charge in [0.25, 0.3) is 17.7 Å². The summed E-state index contributed by atoms with van der Waals surface area (Å²) in [5.74, 6) is -2.01. The topological polar surface area (TPSA) is 92.8 Å². The highest BCUT2D eigenvalue weighted by molar-refractivity contribution is 6.21. The van der Waals surface area contributed by atoms with Crippen molar-refractivity contribution in [2.75, 3.05) is 0 Å². The van der Waals surface area contributed by atoms with Gasteiger partial charge in [-0.25, -0.2) is 4.79 Å². The Balaban J connectivity index is 1.36. The number of amides is 3. The van der Waals surface area contributed by atoms with Crippen molar-refractivity contribution in [3.8, 4) is 0 Å². The molecule has 1 N–H and O–H groups in total. The summed E-state index contributed by atoms with van der Waals surface area (Å²) in [6.07, 6.45) is 0.693. The Morgan fingerprint density at radius 1 is 0.882 bits per heavy atom. The van der Waals surface area contributed by atoms with Gasteiger partial charge >= 0.3 is 5.97 Å². The molecule has 0 aromatic heterocycles. The molecule has 1 unspecified atom stereocenters. The van der Waals surface area contributed by atoms with Gasteiger partial charge in [0.05, 0.1) is 23.2 Å². The normalized spacial score (nSPS) is 15.6. The smallest absolute Gasteiger partial charge is 0.339 e. The van der Waals surface area contributed by atoms with Gasteiger partial charge in [-0.05, 0) is 36.6 Å². The van der Waals surface area contributed by atoms with E-state index in [1.807, 2.05) is 36.4 Å². The van der Waals surface area contributed by atoms with E-state index >= 15 is 0 Å². The molecule has 3 aromatic rings. The number of nitrogens with one attached hydrogen (secondary N) is 1. The molecule has 3 amide bonds. The molecule has 1 saturated carbocycles. The quantitative estimate of drug-likeness (QED) is 0.435. The number of imide groups is 1. The number of ether oxygens (including phenoxy) is 1. The van der Waals surface area contributed by atoms with E-state index in [9.17, 15) is 19.2 Å². The molecule has 1 heterocycles. The first-order chi connectivity index (χ1) is 16.5. The number of esters is 1. The molecule has 7 nitrogen and oxygen atoms in total. The first-order valence-electron chi connectivity index (χ1n) is 11.1. The van der Waals surface area contributed by atoms with Gasteiger partial charge < -0.3 is 10.1 Å². The monoisotopic (exact) mass is 454 g/mol. The maximum absolute atomic E-state index is 13.0. The molecule has 1 aliphatic heterocycles. The Hall–Kier alpha value is -4.26. The van der Waals surface area contributed by atoms with Crippen LogP contribution in [0.1, 0.15) is 61.1 Å². The SMILES string of the molecule is O=C(OC(C(=O)NC1CC1)c1ccccc1)c1ccc2c(c1)C(=O)N(Cc1ccccc1)C2=O. The number of hydrogen-bond donors (Lipinski definition) is 1. The molecule has 34 heavy (non-hydrogen) atoms.